The summed E-state index contributed by atoms with van der Waals surface area (Å²) in [7, 11) is -3.47. The predicted octanol–water partition coefficient (Wildman–Crippen LogP) is 1.30. The average Bonchev–Trinajstić information content (AvgIpc) is 2.93. The lowest BCUT2D eigenvalue weighted by Gasteiger charge is -2.07. The molecule has 0 amide bonds. The maximum atomic E-state index is 12.1. The van der Waals surface area contributed by atoms with Gasteiger partial charge in [-0.15, -0.1) is 0 Å². The summed E-state index contributed by atoms with van der Waals surface area (Å²) in [6.07, 6.45) is 2.84. The van der Waals surface area contributed by atoms with Crippen molar-refractivity contribution in [2.75, 3.05) is 13.1 Å². The van der Waals surface area contributed by atoms with E-state index in [9.17, 15) is 8.42 Å². The molecule has 6 heteroatoms. The van der Waals surface area contributed by atoms with Gasteiger partial charge in [0.15, 0.2) is 0 Å². The minimum atomic E-state index is -3.47. The summed E-state index contributed by atoms with van der Waals surface area (Å²) in [6, 6.07) is 10.4. The molecule has 0 saturated heterocycles. The van der Waals surface area contributed by atoms with E-state index >= 15 is 0 Å². The summed E-state index contributed by atoms with van der Waals surface area (Å²) in [6.45, 7) is 0.855. The van der Waals surface area contributed by atoms with Gasteiger partial charge in [-0.3, -0.25) is 0 Å². The molecule has 0 spiro atoms. The SMILES string of the molecule is NCCc1ccc(S(=O)(=O)NCCc2ccco2)cc1. The third-order valence-corrected chi connectivity index (χ3v) is 4.39. The topological polar surface area (TPSA) is 85.3 Å². The highest BCUT2D eigenvalue weighted by Gasteiger charge is 2.13. The first kappa shape index (κ1) is 14.8. The van der Waals surface area contributed by atoms with Crippen LogP contribution in [0.2, 0.25) is 0 Å². The number of furan rings is 1. The molecule has 0 bridgehead atoms. The van der Waals surface area contributed by atoms with Crippen LogP contribution in [-0.4, -0.2) is 21.5 Å². The Kier molecular flexibility index (Phi) is 4.94. The van der Waals surface area contributed by atoms with Crippen LogP contribution in [0.5, 0.6) is 0 Å². The first-order chi connectivity index (χ1) is 9.62. The van der Waals surface area contributed by atoms with E-state index in [2.05, 4.69) is 4.72 Å². The minimum Gasteiger partial charge on any atom is -0.469 e. The molecule has 2 aromatic rings. The molecule has 0 unspecified atom stereocenters. The van der Waals surface area contributed by atoms with Gasteiger partial charge in [-0.2, -0.15) is 0 Å². The van der Waals surface area contributed by atoms with Crippen molar-refractivity contribution in [3.05, 3.63) is 54.0 Å². The molecule has 2 rings (SSSR count). The summed E-state index contributed by atoms with van der Waals surface area (Å²) in [5.41, 5.74) is 6.49. The normalized spacial score (nSPS) is 11.7. The molecule has 0 saturated carbocycles. The van der Waals surface area contributed by atoms with Crippen LogP contribution in [0.1, 0.15) is 11.3 Å². The largest absolute Gasteiger partial charge is 0.469 e. The fourth-order valence-electron chi connectivity index (χ4n) is 1.85. The van der Waals surface area contributed by atoms with Gasteiger partial charge in [0.25, 0.3) is 0 Å². The molecule has 1 aromatic carbocycles. The average molecular weight is 294 g/mol. The molecule has 1 heterocycles. The van der Waals surface area contributed by atoms with Crippen LogP contribution in [0.3, 0.4) is 0 Å². The maximum Gasteiger partial charge on any atom is 0.240 e. The number of hydrogen-bond acceptors (Lipinski definition) is 4. The second-order valence-electron chi connectivity index (χ2n) is 4.41. The Bertz CT molecular complexity index is 619. The lowest BCUT2D eigenvalue weighted by atomic mass is 10.2. The molecule has 0 aliphatic carbocycles. The Morgan fingerprint density at radius 1 is 1.10 bits per heavy atom. The van der Waals surface area contributed by atoms with Crippen molar-refractivity contribution < 1.29 is 12.8 Å². The fraction of sp³-hybridized carbons (Fsp3) is 0.286. The molecular weight excluding hydrogens is 276 g/mol. The van der Waals surface area contributed by atoms with Crippen LogP contribution in [-0.2, 0) is 22.9 Å². The third kappa shape index (κ3) is 3.93. The van der Waals surface area contributed by atoms with E-state index in [-0.39, 0.29) is 4.90 Å². The predicted molar refractivity (Wildman–Crippen MR) is 76.8 cm³/mol. The number of rotatable bonds is 7. The van der Waals surface area contributed by atoms with E-state index in [1.165, 1.54) is 0 Å². The van der Waals surface area contributed by atoms with E-state index in [0.29, 0.717) is 19.5 Å². The Morgan fingerprint density at radius 2 is 1.85 bits per heavy atom. The smallest absolute Gasteiger partial charge is 0.240 e. The molecule has 3 N–H and O–H groups in total. The van der Waals surface area contributed by atoms with E-state index in [1.807, 2.05) is 6.07 Å². The Labute approximate surface area is 118 Å². The highest BCUT2D eigenvalue weighted by molar-refractivity contribution is 7.89. The van der Waals surface area contributed by atoms with Crippen LogP contribution in [0, 0.1) is 0 Å². The van der Waals surface area contributed by atoms with E-state index in [1.54, 1.807) is 36.6 Å². The molecular formula is C14H18N2O3S. The van der Waals surface area contributed by atoms with E-state index < -0.39 is 10.0 Å². The molecule has 0 atom stereocenters. The van der Waals surface area contributed by atoms with Crippen molar-refractivity contribution in [1.82, 2.24) is 4.72 Å². The Balaban J connectivity index is 1.95. The van der Waals surface area contributed by atoms with Gasteiger partial charge >= 0.3 is 0 Å². The summed E-state index contributed by atoms with van der Waals surface area (Å²) < 4.78 is 31.8. The molecule has 0 radical (unpaired) electrons. The quantitative estimate of drug-likeness (QED) is 0.806. The summed E-state index contributed by atoms with van der Waals surface area (Å²) >= 11 is 0. The molecule has 5 nitrogen and oxygen atoms in total. The molecule has 0 aliphatic heterocycles. The highest BCUT2D eigenvalue weighted by atomic mass is 32.2. The van der Waals surface area contributed by atoms with E-state index in [4.69, 9.17) is 10.2 Å². The molecule has 1 aromatic heterocycles. The third-order valence-electron chi connectivity index (χ3n) is 2.91. The zero-order chi connectivity index (χ0) is 14.4. The van der Waals surface area contributed by atoms with Gasteiger partial charge in [0.2, 0.25) is 10.0 Å². The molecule has 0 fully saturated rings. The second-order valence-corrected chi connectivity index (χ2v) is 6.18. The summed E-state index contributed by atoms with van der Waals surface area (Å²) in [4.78, 5) is 0.262. The minimum absolute atomic E-state index is 0.262. The number of sulfonamides is 1. The van der Waals surface area contributed by atoms with Crippen LogP contribution in [0.4, 0.5) is 0 Å². The standard InChI is InChI=1S/C14H18N2O3S/c15-9-7-12-3-5-14(6-4-12)20(17,18)16-10-8-13-2-1-11-19-13/h1-6,11,16H,7-10,15H2. The number of nitrogens with one attached hydrogen (secondary N) is 1. The Morgan fingerprint density at radius 3 is 2.45 bits per heavy atom. The van der Waals surface area contributed by atoms with Gasteiger partial charge in [0, 0.05) is 13.0 Å². The zero-order valence-electron chi connectivity index (χ0n) is 11.1. The van der Waals surface area contributed by atoms with Crippen molar-refractivity contribution >= 4 is 10.0 Å². The van der Waals surface area contributed by atoms with Crippen molar-refractivity contribution in [1.29, 1.82) is 0 Å². The summed E-state index contributed by atoms with van der Waals surface area (Å²) in [5.74, 6) is 0.756. The van der Waals surface area contributed by atoms with Crippen molar-refractivity contribution in [3.63, 3.8) is 0 Å². The van der Waals surface area contributed by atoms with Crippen LogP contribution in [0.25, 0.3) is 0 Å². The van der Waals surface area contributed by atoms with Crippen molar-refractivity contribution in [2.45, 2.75) is 17.7 Å². The maximum absolute atomic E-state index is 12.1. The van der Waals surface area contributed by atoms with Gasteiger partial charge in [0.1, 0.15) is 5.76 Å². The lowest BCUT2D eigenvalue weighted by Crippen LogP contribution is -2.25. The van der Waals surface area contributed by atoms with Crippen molar-refractivity contribution in [3.8, 4) is 0 Å². The van der Waals surface area contributed by atoms with Crippen LogP contribution in [0.15, 0.2) is 52.0 Å². The van der Waals surface area contributed by atoms with Gasteiger partial charge in [0.05, 0.1) is 11.2 Å². The van der Waals surface area contributed by atoms with Crippen LogP contribution >= 0.6 is 0 Å². The monoisotopic (exact) mass is 294 g/mol. The van der Waals surface area contributed by atoms with Gasteiger partial charge in [-0.25, -0.2) is 13.1 Å². The van der Waals surface area contributed by atoms with E-state index in [0.717, 1.165) is 17.7 Å². The molecule has 108 valence electrons. The second kappa shape index (κ2) is 6.69. The highest BCUT2D eigenvalue weighted by Crippen LogP contribution is 2.11. The molecule has 20 heavy (non-hydrogen) atoms. The molecule has 0 aliphatic rings. The van der Waals surface area contributed by atoms with Crippen molar-refractivity contribution in [2.24, 2.45) is 5.73 Å². The first-order valence-electron chi connectivity index (χ1n) is 6.43. The van der Waals surface area contributed by atoms with Gasteiger partial charge in [-0.05, 0) is 42.8 Å². The Hall–Kier alpha value is -1.63. The zero-order valence-corrected chi connectivity index (χ0v) is 11.9. The summed E-state index contributed by atoms with van der Waals surface area (Å²) in [5, 5.41) is 0. The van der Waals surface area contributed by atoms with Gasteiger partial charge < -0.3 is 10.2 Å². The van der Waals surface area contributed by atoms with Gasteiger partial charge in [-0.1, -0.05) is 12.1 Å². The number of nitrogens with two attached hydrogens (primary N) is 1. The van der Waals surface area contributed by atoms with Crippen LogP contribution < -0.4 is 10.5 Å². The number of hydrogen-bond donors (Lipinski definition) is 2. The fourth-order valence-corrected chi connectivity index (χ4v) is 2.88. The first-order valence-corrected chi connectivity index (χ1v) is 7.91. The lowest BCUT2D eigenvalue weighted by molar-refractivity contribution is 0.506. The number of benzene rings is 1.